The molecule has 1 aromatic heterocycles. The third-order valence-electron chi connectivity index (χ3n) is 1.47. The van der Waals surface area contributed by atoms with Gasteiger partial charge in [-0.1, -0.05) is 23.2 Å². The van der Waals surface area contributed by atoms with E-state index in [1.807, 2.05) is 12.1 Å². The quantitative estimate of drug-likeness (QED) is 0.719. The smallest absolute Gasteiger partial charge is 0.179 e. The van der Waals surface area contributed by atoms with Crippen molar-refractivity contribution in [2.24, 2.45) is 4.99 Å². The number of nitrogens with zero attached hydrogens (tertiary/aromatic N) is 2. The SMILES string of the molecule is Clc1ccc(N=c2ssnc2Cl)cc1. The zero-order valence-corrected chi connectivity index (χ0v) is 9.92. The summed E-state index contributed by atoms with van der Waals surface area (Å²) in [6.07, 6.45) is 0. The monoisotopic (exact) mass is 262 g/mol. The maximum atomic E-state index is 5.81. The normalized spacial score (nSPS) is 12.0. The largest absolute Gasteiger partial charge is 0.234 e. The molecule has 0 saturated heterocycles. The van der Waals surface area contributed by atoms with E-state index in [9.17, 15) is 0 Å². The number of rotatable bonds is 1. The lowest BCUT2D eigenvalue weighted by Gasteiger charge is -1.91. The molecule has 0 unspecified atom stereocenters. The zero-order valence-electron chi connectivity index (χ0n) is 6.78. The molecule has 0 aliphatic heterocycles. The van der Waals surface area contributed by atoms with Crippen LogP contribution in [0, 0.1) is 0 Å². The molecule has 0 spiro atoms. The Bertz CT molecular complexity index is 487. The molecule has 0 amide bonds. The van der Waals surface area contributed by atoms with E-state index < -0.39 is 0 Å². The number of halogens is 2. The summed E-state index contributed by atoms with van der Waals surface area (Å²) >= 11 is 11.6. The number of hydrogen-bond donors (Lipinski definition) is 0. The van der Waals surface area contributed by atoms with Crippen molar-refractivity contribution in [1.82, 2.24) is 4.37 Å². The minimum Gasteiger partial charge on any atom is -0.234 e. The Morgan fingerprint density at radius 1 is 1.14 bits per heavy atom. The van der Waals surface area contributed by atoms with Gasteiger partial charge in [0.15, 0.2) is 9.82 Å². The van der Waals surface area contributed by atoms with E-state index in [0.717, 1.165) is 10.4 Å². The molecular weight excluding hydrogens is 259 g/mol. The average molecular weight is 263 g/mol. The van der Waals surface area contributed by atoms with E-state index in [4.69, 9.17) is 23.2 Å². The van der Waals surface area contributed by atoms with Gasteiger partial charge < -0.3 is 0 Å². The van der Waals surface area contributed by atoms with E-state index in [1.165, 1.54) is 20.9 Å². The molecule has 0 fully saturated rings. The summed E-state index contributed by atoms with van der Waals surface area (Å²) in [5, 5.41) is 1.15. The van der Waals surface area contributed by atoms with Crippen molar-refractivity contribution >= 4 is 49.8 Å². The molecule has 1 heterocycles. The van der Waals surface area contributed by atoms with Crippen molar-refractivity contribution in [3.05, 3.63) is 39.1 Å². The Morgan fingerprint density at radius 3 is 2.43 bits per heavy atom. The van der Waals surface area contributed by atoms with Crippen molar-refractivity contribution in [2.75, 3.05) is 0 Å². The third kappa shape index (κ3) is 2.33. The zero-order chi connectivity index (χ0) is 9.97. The second-order valence-corrected chi connectivity index (χ2v) is 5.06. The highest BCUT2D eigenvalue weighted by Crippen LogP contribution is 2.16. The maximum Gasteiger partial charge on any atom is 0.179 e. The minimum atomic E-state index is 0.454. The Hall–Kier alpha value is -0.420. The minimum absolute atomic E-state index is 0.454. The molecule has 2 rings (SSSR count). The van der Waals surface area contributed by atoms with E-state index in [2.05, 4.69) is 9.37 Å². The predicted octanol–water partition coefficient (Wildman–Crippen LogP) is 3.74. The molecule has 1 aromatic carbocycles. The van der Waals surface area contributed by atoms with Crippen LogP contribution in [0.5, 0.6) is 0 Å². The van der Waals surface area contributed by atoms with Crippen LogP contribution in [0.25, 0.3) is 0 Å². The van der Waals surface area contributed by atoms with Crippen molar-refractivity contribution in [3.8, 4) is 0 Å². The lowest BCUT2D eigenvalue weighted by atomic mass is 10.3. The first kappa shape index (κ1) is 10.1. The van der Waals surface area contributed by atoms with Gasteiger partial charge in [0.2, 0.25) is 0 Å². The highest BCUT2D eigenvalue weighted by molar-refractivity contribution is 7.66. The first-order chi connectivity index (χ1) is 6.75. The summed E-state index contributed by atoms with van der Waals surface area (Å²) in [7, 11) is 2.78. The average Bonchev–Trinajstić information content (AvgIpc) is 2.56. The maximum absolute atomic E-state index is 5.81. The number of hydrogen-bond acceptors (Lipinski definition) is 4. The molecule has 2 nitrogen and oxygen atoms in total. The van der Waals surface area contributed by atoms with Gasteiger partial charge in [-0.3, -0.25) is 0 Å². The predicted molar refractivity (Wildman–Crippen MR) is 61.7 cm³/mol. The highest BCUT2D eigenvalue weighted by Gasteiger charge is 1.96. The standard InChI is InChI=1S/C8H4Cl2N2S2/c9-5-1-3-6(4-2-5)11-8-7(10)12-14-13-8/h1-4H. The van der Waals surface area contributed by atoms with Gasteiger partial charge in [-0.25, -0.2) is 4.99 Å². The fraction of sp³-hybridized carbons (Fsp3) is 0. The van der Waals surface area contributed by atoms with Crippen molar-refractivity contribution < 1.29 is 0 Å². The fourth-order valence-electron chi connectivity index (χ4n) is 0.858. The lowest BCUT2D eigenvalue weighted by molar-refractivity contribution is 1.37. The van der Waals surface area contributed by atoms with E-state index in [-0.39, 0.29) is 0 Å². The Balaban J connectivity index is 2.44. The summed E-state index contributed by atoms with van der Waals surface area (Å²) in [6, 6.07) is 7.25. The molecule has 0 aliphatic carbocycles. The summed E-state index contributed by atoms with van der Waals surface area (Å²) in [4.78, 5) is 4.32. The van der Waals surface area contributed by atoms with Crippen LogP contribution in [-0.2, 0) is 0 Å². The number of benzene rings is 1. The van der Waals surface area contributed by atoms with Crippen molar-refractivity contribution in [1.29, 1.82) is 0 Å². The molecule has 0 radical (unpaired) electrons. The summed E-state index contributed by atoms with van der Waals surface area (Å²) < 4.78 is 4.67. The molecule has 0 N–H and O–H groups in total. The molecule has 2 aromatic rings. The van der Waals surface area contributed by atoms with Gasteiger partial charge in [-0.05, 0) is 34.6 Å². The van der Waals surface area contributed by atoms with Gasteiger partial charge in [0.1, 0.15) is 0 Å². The van der Waals surface area contributed by atoms with Crippen molar-refractivity contribution in [3.63, 3.8) is 0 Å². The van der Waals surface area contributed by atoms with Gasteiger partial charge in [0, 0.05) is 15.6 Å². The Morgan fingerprint density at radius 2 is 1.86 bits per heavy atom. The number of aromatic nitrogens is 1. The highest BCUT2D eigenvalue weighted by atomic mass is 35.5. The fourth-order valence-corrected chi connectivity index (χ4v) is 2.98. The Labute approximate surface area is 98.0 Å². The lowest BCUT2D eigenvalue weighted by Crippen LogP contribution is -1.92. The molecule has 0 bridgehead atoms. The molecule has 14 heavy (non-hydrogen) atoms. The van der Waals surface area contributed by atoms with Crippen LogP contribution >= 0.6 is 44.1 Å². The van der Waals surface area contributed by atoms with Crippen LogP contribution in [0.15, 0.2) is 29.3 Å². The van der Waals surface area contributed by atoms with Crippen LogP contribution in [0.3, 0.4) is 0 Å². The Kier molecular flexibility index (Phi) is 3.18. The van der Waals surface area contributed by atoms with Crippen LogP contribution < -0.4 is 4.67 Å². The van der Waals surface area contributed by atoms with E-state index in [1.54, 1.807) is 12.1 Å². The molecule has 0 aliphatic rings. The second kappa shape index (κ2) is 4.40. The van der Waals surface area contributed by atoms with Crippen LogP contribution in [0.4, 0.5) is 5.69 Å². The second-order valence-electron chi connectivity index (χ2n) is 2.43. The van der Waals surface area contributed by atoms with Gasteiger partial charge in [0.05, 0.1) is 5.69 Å². The third-order valence-corrected chi connectivity index (χ3v) is 3.89. The van der Waals surface area contributed by atoms with E-state index >= 15 is 0 Å². The van der Waals surface area contributed by atoms with Gasteiger partial charge in [-0.15, -0.1) is 0 Å². The molecule has 0 saturated carbocycles. The van der Waals surface area contributed by atoms with Gasteiger partial charge in [0.25, 0.3) is 0 Å². The molecular formula is C8H4Cl2N2S2. The van der Waals surface area contributed by atoms with Crippen LogP contribution in [0.1, 0.15) is 0 Å². The summed E-state index contributed by atoms with van der Waals surface area (Å²) in [5.74, 6) is 0. The van der Waals surface area contributed by atoms with Crippen LogP contribution in [-0.4, -0.2) is 4.37 Å². The first-order valence-corrected chi connectivity index (χ1v) is 6.54. The van der Waals surface area contributed by atoms with Gasteiger partial charge in [-0.2, -0.15) is 4.37 Å². The summed E-state index contributed by atoms with van der Waals surface area (Å²) in [5.41, 5.74) is 0.827. The molecule has 72 valence electrons. The molecule has 0 atom stereocenters. The summed E-state index contributed by atoms with van der Waals surface area (Å²) in [6.45, 7) is 0. The van der Waals surface area contributed by atoms with Crippen LogP contribution in [0.2, 0.25) is 10.2 Å². The van der Waals surface area contributed by atoms with E-state index in [0.29, 0.717) is 10.2 Å². The van der Waals surface area contributed by atoms with Gasteiger partial charge >= 0.3 is 0 Å². The molecule has 6 heteroatoms. The first-order valence-electron chi connectivity index (χ1n) is 3.67. The topological polar surface area (TPSA) is 25.2 Å². The van der Waals surface area contributed by atoms with Crippen molar-refractivity contribution in [2.45, 2.75) is 0 Å².